The predicted molar refractivity (Wildman–Crippen MR) is 104 cm³/mol. The first-order valence-electron chi connectivity index (χ1n) is 8.68. The van der Waals surface area contributed by atoms with Crippen LogP contribution in [0.3, 0.4) is 0 Å². The monoisotopic (exact) mass is 386 g/mol. The Balaban J connectivity index is 2.06. The third kappa shape index (κ3) is 3.91. The summed E-state index contributed by atoms with van der Waals surface area (Å²) in [5, 5.41) is 0. The van der Waals surface area contributed by atoms with Crippen LogP contribution in [0.5, 0.6) is 5.75 Å². The summed E-state index contributed by atoms with van der Waals surface area (Å²) < 4.78 is 28.1. The minimum atomic E-state index is -3.32. The Morgan fingerprint density at radius 3 is 2.37 bits per heavy atom. The maximum absolute atomic E-state index is 13.0. The number of hydrogen-bond acceptors (Lipinski definition) is 5. The lowest BCUT2D eigenvalue weighted by Gasteiger charge is -2.27. The first kappa shape index (κ1) is 19.6. The molecule has 1 heterocycles. The van der Waals surface area contributed by atoms with E-state index in [-0.39, 0.29) is 5.97 Å². The van der Waals surface area contributed by atoms with Gasteiger partial charge in [0.25, 0.3) is 0 Å². The molecule has 0 saturated heterocycles. The van der Waals surface area contributed by atoms with Gasteiger partial charge in [-0.25, -0.2) is 0 Å². The van der Waals surface area contributed by atoms with Gasteiger partial charge in [-0.1, -0.05) is 54.1 Å². The Morgan fingerprint density at radius 2 is 1.70 bits per heavy atom. The molecule has 0 spiro atoms. The Labute approximate surface area is 159 Å². The van der Waals surface area contributed by atoms with Gasteiger partial charge in [-0.3, -0.25) is 9.36 Å². The fourth-order valence-corrected chi connectivity index (χ4v) is 4.56. The summed E-state index contributed by atoms with van der Waals surface area (Å²) >= 11 is 0. The molecule has 0 unspecified atom stereocenters. The SMILES string of the molecule is COP(=O)(/C=C(\C)C[C@@]1(Cc2ccccc2)C(=O)Oc2ccccc21)OC. The molecule has 1 atom stereocenters. The lowest BCUT2D eigenvalue weighted by atomic mass is 9.72. The van der Waals surface area contributed by atoms with Gasteiger partial charge in [0, 0.05) is 25.6 Å². The van der Waals surface area contributed by atoms with E-state index in [4.69, 9.17) is 13.8 Å². The number of ether oxygens (including phenoxy) is 1. The minimum Gasteiger partial charge on any atom is -0.426 e. The van der Waals surface area contributed by atoms with Crippen LogP contribution in [0.1, 0.15) is 24.5 Å². The standard InChI is InChI=1S/C21H23O5P/c1-16(15-27(23,24-2)25-3)13-21(14-17-9-5-4-6-10-17)18-11-7-8-12-19(18)26-20(21)22/h4-12,15H,13-14H2,1-3H3/b16-15+/t21-/m0/s1. The van der Waals surface area contributed by atoms with Gasteiger partial charge in [-0.05, 0) is 31.4 Å². The molecule has 2 aromatic rings. The van der Waals surface area contributed by atoms with Gasteiger partial charge in [-0.15, -0.1) is 0 Å². The molecule has 0 aliphatic carbocycles. The molecule has 0 radical (unpaired) electrons. The van der Waals surface area contributed by atoms with Crippen molar-refractivity contribution in [2.45, 2.75) is 25.2 Å². The second-order valence-corrected chi connectivity index (χ2v) is 8.76. The van der Waals surface area contributed by atoms with Gasteiger partial charge < -0.3 is 13.8 Å². The zero-order valence-corrected chi connectivity index (χ0v) is 16.6. The number of allylic oxidation sites excluding steroid dienone is 1. The van der Waals surface area contributed by atoms with Crippen LogP contribution in [0, 0.1) is 0 Å². The van der Waals surface area contributed by atoms with E-state index < -0.39 is 13.0 Å². The molecule has 6 heteroatoms. The van der Waals surface area contributed by atoms with Crippen molar-refractivity contribution in [3.8, 4) is 5.75 Å². The summed E-state index contributed by atoms with van der Waals surface area (Å²) in [6.07, 6.45) is 0.841. The molecule has 0 aromatic heterocycles. The third-order valence-corrected chi connectivity index (χ3v) is 6.59. The molecule has 1 aliphatic heterocycles. The van der Waals surface area contributed by atoms with Crippen molar-refractivity contribution >= 4 is 13.6 Å². The van der Waals surface area contributed by atoms with Crippen LogP contribution < -0.4 is 4.74 Å². The fourth-order valence-electron chi connectivity index (χ4n) is 3.57. The average Bonchev–Trinajstić information content (AvgIpc) is 2.94. The fraction of sp³-hybridized carbons (Fsp3) is 0.286. The minimum absolute atomic E-state index is 0.301. The highest BCUT2D eigenvalue weighted by atomic mass is 31.2. The normalized spacial score (nSPS) is 19.7. The maximum Gasteiger partial charge on any atom is 0.353 e. The number of carbonyl (C=O) groups excluding carboxylic acids is 1. The van der Waals surface area contributed by atoms with E-state index in [2.05, 4.69) is 0 Å². The molecule has 0 N–H and O–H groups in total. The van der Waals surface area contributed by atoms with Crippen molar-refractivity contribution in [3.05, 3.63) is 77.1 Å². The second-order valence-electron chi connectivity index (χ2n) is 6.69. The summed E-state index contributed by atoms with van der Waals surface area (Å²) in [6.45, 7) is 1.83. The van der Waals surface area contributed by atoms with E-state index in [1.54, 1.807) is 6.07 Å². The molecule has 27 heavy (non-hydrogen) atoms. The molecule has 0 fully saturated rings. The number of fused-ring (bicyclic) bond motifs is 1. The van der Waals surface area contributed by atoms with Crippen molar-refractivity contribution in [2.75, 3.05) is 14.2 Å². The van der Waals surface area contributed by atoms with E-state index >= 15 is 0 Å². The van der Waals surface area contributed by atoms with E-state index in [9.17, 15) is 9.36 Å². The number of carbonyl (C=O) groups is 1. The molecular formula is C21H23O5P. The largest absolute Gasteiger partial charge is 0.426 e. The predicted octanol–water partition coefficient (Wildman–Crippen LogP) is 4.87. The van der Waals surface area contributed by atoms with Crippen LogP contribution in [0.25, 0.3) is 0 Å². The summed E-state index contributed by atoms with van der Waals surface area (Å²) in [6, 6.07) is 17.3. The first-order chi connectivity index (χ1) is 12.9. The molecule has 2 aromatic carbocycles. The summed E-state index contributed by atoms with van der Waals surface area (Å²) in [4.78, 5) is 13.0. The van der Waals surface area contributed by atoms with Crippen molar-refractivity contribution in [1.82, 2.24) is 0 Å². The first-order valence-corrected chi connectivity index (χ1v) is 10.3. The third-order valence-electron chi connectivity index (χ3n) is 4.81. The quantitative estimate of drug-likeness (QED) is 0.386. The average molecular weight is 386 g/mol. The number of para-hydroxylation sites is 1. The van der Waals surface area contributed by atoms with Crippen LogP contribution >= 0.6 is 7.60 Å². The zero-order valence-electron chi connectivity index (χ0n) is 15.7. The van der Waals surface area contributed by atoms with Gasteiger partial charge >= 0.3 is 13.6 Å². The smallest absolute Gasteiger partial charge is 0.353 e. The highest BCUT2D eigenvalue weighted by molar-refractivity contribution is 7.57. The molecule has 5 nitrogen and oxygen atoms in total. The number of rotatable bonds is 7. The van der Waals surface area contributed by atoms with E-state index in [0.717, 1.165) is 16.7 Å². The Hall–Kier alpha value is -2.20. The Kier molecular flexibility index (Phi) is 5.66. The number of hydrogen-bond donors (Lipinski definition) is 0. The van der Waals surface area contributed by atoms with Crippen LogP contribution in [-0.4, -0.2) is 20.2 Å². The van der Waals surface area contributed by atoms with Crippen molar-refractivity contribution in [2.24, 2.45) is 0 Å². The molecule has 0 saturated carbocycles. The van der Waals surface area contributed by atoms with Crippen molar-refractivity contribution < 1.29 is 23.1 Å². The topological polar surface area (TPSA) is 61.8 Å². The number of esters is 1. The van der Waals surface area contributed by atoms with Crippen LogP contribution in [0.2, 0.25) is 0 Å². The summed E-state index contributed by atoms with van der Waals surface area (Å²) in [5.74, 6) is 1.76. The highest BCUT2D eigenvalue weighted by Crippen LogP contribution is 2.51. The van der Waals surface area contributed by atoms with Gasteiger partial charge in [0.05, 0.1) is 0 Å². The lowest BCUT2D eigenvalue weighted by molar-refractivity contribution is -0.138. The van der Waals surface area contributed by atoms with Crippen molar-refractivity contribution in [1.29, 1.82) is 0 Å². The van der Waals surface area contributed by atoms with Crippen LogP contribution in [0.4, 0.5) is 0 Å². The van der Waals surface area contributed by atoms with Gasteiger partial charge in [0.15, 0.2) is 0 Å². The summed E-state index contributed by atoms with van der Waals surface area (Å²) in [5.41, 5.74) is 1.73. The summed E-state index contributed by atoms with van der Waals surface area (Å²) in [7, 11) is -0.644. The van der Waals surface area contributed by atoms with E-state index in [1.807, 2.05) is 55.5 Å². The number of benzene rings is 2. The molecule has 142 valence electrons. The highest BCUT2D eigenvalue weighted by Gasteiger charge is 2.49. The Morgan fingerprint density at radius 1 is 1.07 bits per heavy atom. The second kappa shape index (κ2) is 7.81. The molecular weight excluding hydrogens is 363 g/mol. The van der Waals surface area contributed by atoms with E-state index in [0.29, 0.717) is 18.6 Å². The molecule has 0 amide bonds. The molecule has 3 rings (SSSR count). The lowest BCUT2D eigenvalue weighted by Crippen LogP contribution is -2.36. The van der Waals surface area contributed by atoms with Crippen molar-refractivity contribution in [3.63, 3.8) is 0 Å². The maximum atomic E-state index is 13.0. The van der Waals surface area contributed by atoms with Gasteiger partial charge in [0.2, 0.25) is 0 Å². The van der Waals surface area contributed by atoms with Crippen LogP contribution in [0.15, 0.2) is 66.0 Å². The zero-order chi connectivity index (χ0) is 19.5. The molecule has 1 aliphatic rings. The Bertz CT molecular complexity index is 898. The van der Waals surface area contributed by atoms with Gasteiger partial charge in [0.1, 0.15) is 11.2 Å². The molecule has 0 bridgehead atoms. The van der Waals surface area contributed by atoms with E-state index in [1.165, 1.54) is 20.0 Å². The van der Waals surface area contributed by atoms with Crippen LogP contribution in [-0.2, 0) is 30.2 Å². The van der Waals surface area contributed by atoms with Gasteiger partial charge in [-0.2, -0.15) is 0 Å².